The van der Waals surface area contributed by atoms with E-state index in [4.69, 9.17) is 4.98 Å². The number of carbonyl (C=O) groups is 1. The summed E-state index contributed by atoms with van der Waals surface area (Å²) in [5, 5.41) is 10.8. The zero-order valence-corrected chi connectivity index (χ0v) is 23.0. The highest BCUT2D eigenvalue weighted by Gasteiger charge is 2.18. The lowest BCUT2D eigenvalue weighted by molar-refractivity contribution is 0.102. The van der Waals surface area contributed by atoms with E-state index >= 15 is 0 Å². The molecule has 200 valence electrons. The normalized spacial score (nSPS) is 13.2. The minimum Gasteiger partial charge on any atom is -0.320 e. The van der Waals surface area contributed by atoms with Gasteiger partial charge in [0, 0.05) is 72.8 Å². The summed E-state index contributed by atoms with van der Waals surface area (Å²) in [6.45, 7) is 9.80. The Morgan fingerprint density at radius 2 is 1.92 bits per heavy atom. The molecular formula is C30H33N7O2. The highest BCUT2D eigenvalue weighted by Crippen LogP contribution is 2.25. The van der Waals surface area contributed by atoms with Crippen LogP contribution >= 0.6 is 0 Å². The van der Waals surface area contributed by atoms with E-state index in [-0.39, 0.29) is 22.6 Å². The molecule has 0 spiro atoms. The monoisotopic (exact) mass is 523 g/mol. The Balaban J connectivity index is 1.41. The van der Waals surface area contributed by atoms with Crippen LogP contribution in [0.15, 0.2) is 53.6 Å². The topological polar surface area (TPSA) is 115 Å². The van der Waals surface area contributed by atoms with Crippen molar-refractivity contribution in [2.45, 2.75) is 52.5 Å². The van der Waals surface area contributed by atoms with Gasteiger partial charge in [0.25, 0.3) is 11.5 Å². The molecule has 1 aromatic carbocycles. The number of rotatable bonds is 5. The fourth-order valence-electron chi connectivity index (χ4n) is 4.55. The van der Waals surface area contributed by atoms with Gasteiger partial charge in [0.1, 0.15) is 5.69 Å². The van der Waals surface area contributed by atoms with Crippen molar-refractivity contribution in [3.63, 3.8) is 0 Å². The Morgan fingerprint density at radius 3 is 2.67 bits per heavy atom. The number of hydrogen-bond donors (Lipinski definition) is 2. The Labute approximate surface area is 227 Å². The summed E-state index contributed by atoms with van der Waals surface area (Å²) in [5.74, 6) is -0.342. The molecule has 9 nitrogen and oxygen atoms in total. The van der Waals surface area contributed by atoms with Crippen LogP contribution in [-0.4, -0.2) is 37.2 Å². The van der Waals surface area contributed by atoms with Crippen LogP contribution in [0.2, 0.25) is 0 Å². The van der Waals surface area contributed by atoms with Crippen molar-refractivity contribution in [1.82, 2.24) is 30.0 Å². The van der Waals surface area contributed by atoms with Gasteiger partial charge in [-0.2, -0.15) is 5.10 Å². The molecule has 9 heteroatoms. The van der Waals surface area contributed by atoms with Gasteiger partial charge >= 0.3 is 0 Å². The first-order valence-electron chi connectivity index (χ1n) is 13.1. The van der Waals surface area contributed by atoms with Crippen LogP contribution in [-0.2, 0) is 31.8 Å². The first-order valence-corrected chi connectivity index (χ1v) is 13.1. The molecule has 4 heterocycles. The number of amides is 1. The number of hydrogen-bond acceptors (Lipinski definition) is 7. The second kappa shape index (κ2) is 10.5. The molecule has 5 rings (SSSR count). The first kappa shape index (κ1) is 26.4. The van der Waals surface area contributed by atoms with Crippen LogP contribution in [0.25, 0.3) is 11.3 Å². The van der Waals surface area contributed by atoms with Gasteiger partial charge in [-0.25, -0.2) is 9.67 Å². The third-order valence-corrected chi connectivity index (χ3v) is 6.92. The van der Waals surface area contributed by atoms with Crippen LogP contribution in [0.3, 0.4) is 0 Å². The minimum absolute atomic E-state index is 0.151. The van der Waals surface area contributed by atoms with Crippen molar-refractivity contribution < 1.29 is 4.79 Å². The number of aryl methyl sites for hydroxylation is 2. The van der Waals surface area contributed by atoms with Crippen LogP contribution in [0.5, 0.6) is 0 Å². The number of pyridine rings is 1. The SMILES string of the molecule is Cc1ccc(-c2cc(Cc3ccc4c(n3)CCNC4)c(=O)n(C)n2)cc1NC(=O)c1cnc(C(C)(C)C)cn1. The molecule has 0 atom stereocenters. The first-order chi connectivity index (χ1) is 18.6. The molecular weight excluding hydrogens is 490 g/mol. The number of nitrogens with zero attached hydrogens (tertiary/aromatic N) is 5. The van der Waals surface area contributed by atoms with E-state index in [0.29, 0.717) is 23.4 Å². The molecule has 1 aliphatic heterocycles. The van der Waals surface area contributed by atoms with Gasteiger partial charge in [-0.05, 0) is 36.2 Å². The smallest absolute Gasteiger partial charge is 0.275 e. The number of fused-ring (bicyclic) bond motifs is 1. The van der Waals surface area contributed by atoms with Crippen molar-refractivity contribution in [2.24, 2.45) is 7.05 Å². The van der Waals surface area contributed by atoms with Crippen molar-refractivity contribution >= 4 is 11.6 Å². The van der Waals surface area contributed by atoms with Gasteiger partial charge in [0.15, 0.2) is 0 Å². The molecule has 0 bridgehead atoms. The Bertz CT molecular complexity index is 1600. The number of aromatic nitrogens is 5. The number of nitrogens with one attached hydrogen (secondary N) is 2. The molecule has 0 saturated carbocycles. The maximum Gasteiger partial charge on any atom is 0.275 e. The van der Waals surface area contributed by atoms with Crippen LogP contribution in [0.1, 0.15) is 65.0 Å². The molecule has 4 aromatic rings. The van der Waals surface area contributed by atoms with E-state index in [1.54, 1.807) is 13.2 Å². The summed E-state index contributed by atoms with van der Waals surface area (Å²) in [6, 6.07) is 11.6. The highest BCUT2D eigenvalue weighted by molar-refractivity contribution is 6.03. The Morgan fingerprint density at radius 1 is 1.10 bits per heavy atom. The van der Waals surface area contributed by atoms with E-state index in [1.165, 1.54) is 16.4 Å². The van der Waals surface area contributed by atoms with Crippen molar-refractivity contribution in [2.75, 3.05) is 11.9 Å². The number of benzene rings is 1. The lowest BCUT2D eigenvalue weighted by Crippen LogP contribution is -2.26. The molecule has 3 aromatic heterocycles. The van der Waals surface area contributed by atoms with Crippen molar-refractivity contribution in [1.29, 1.82) is 0 Å². The molecule has 0 saturated heterocycles. The van der Waals surface area contributed by atoms with Gasteiger partial charge in [0.05, 0.1) is 17.6 Å². The maximum atomic E-state index is 12.9. The lowest BCUT2D eigenvalue weighted by Gasteiger charge is -2.17. The maximum absolute atomic E-state index is 12.9. The summed E-state index contributed by atoms with van der Waals surface area (Å²) in [4.78, 5) is 39.4. The Kier molecular flexibility index (Phi) is 7.10. The van der Waals surface area contributed by atoms with Gasteiger partial charge in [0.2, 0.25) is 0 Å². The van der Waals surface area contributed by atoms with Crippen LogP contribution < -0.4 is 16.2 Å². The second-order valence-electron chi connectivity index (χ2n) is 11.0. The predicted molar refractivity (Wildman–Crippen MR) is 151 cm³/mol. The highest BCUT2D eigenvalue weighted by atomic mass is 16.2. The second-order valence-corrected chi connectivity index (χ2v) is 11.0. The summed E-state index contributed by atoms with van der Waals surface area (Å²) >= 11 is 0. The van der Waals surface area contributed by atoms with Gasteiger partial charge < -0.3 is 10.6 Å². The van der Waals surface area contributed by atoms with Crippen molar-refractivity contribution in [3.05, 3.63) is 98.6 Å². The van der Waals surface area contributed by atoms with Crippen molar-refractivity contribution in [3.8, 4) is 11.3 Å². The average Bonchev–Trinajstić information content (AvgIpc) is 2.92. The van der Waals surface area contributed by atoms with Gasteiger partial charge in [-0.15, -0.1) is 0 Å². The van der Waals surface area contributed by atoms with Gasteiger partial charge in [-0.3, -0.25) is 19.6 Å². The number of anilines is 1. The molecule has 0 fully saturated rings. The summed E-state index contributed by atoms with van der Waals surface area (Å²) < 4.78 is 1.36. The average molecular weight is 524 g/mol. The fraction of sp³-hybridized carbons (Fsp3) is 0.333. The zero-order valence-electron chi connectivity index (χ0n) is 23.0. The standard InChI is InChI=1S/C30H33N7O2/c1-18-6-7-19(13-24(18)35-28(38)26-16-33-27(17-32-26)30(2,3)4)25-14-21(29(39)37(5)36-25)12-22-9-8-20-15-31-11-10-23(20)34-22/h6-9,13-14,16-17,31H,10-12,15H2,1-5H3,(H,35,38). The minimum atomic E-state index is -0.342. The molecule has 1 aliphatic rings. The lowest BCUT2D eigenvalue weighted by atomic mass is 9.93. The third-order valence-electron chi connectivity index (χ3n) is 6.92. The predicted octanol–water partition coefficient (Wildman–Crippen LogP) is 3.73. The molecule has 0 radical (unpaired) electrons. The molecule has 1 amide bonds. The van der Waals surface area contributed by atoms with Gasteiger partial charge in [-0.1, -0.05) is 39.0 Å². The van der Waals surface area contributed by atoms with E-state index in [1.807, 2.05) is 58.0 Å². The van der Waals surface area contributed by atoms with Crippen LogP contribution in [0, 0.1) is 6.92 Å². The fourth-order valence-corrected chi connectivity index (χ4v) is 4.55. The van der Waals surface area contributed by atoms with E-state index < -0.39 is 0 Å². The summed E-state index contributed by atoms with van der Waals surface area (Å²) in [6.07, 6.45) is 4.44. The van der Waals surface area contributed by atoms with E-state index in [2.05, 4.69) is 31.8 Å². The molecule has 0 aliphatic carbocycles. The third kappa shape index (κ3) is 5.78. The Hall–Kier alpha value is -4.24. The molecule has 0 unspecified atom stereocenters. The van der Waals surface area contributed by atoms with E-state index in [9.17, 15) is 9.59 Å². The zero-order chi connectivity index (χ0) is 27.7. The van der Waals surface area contributed by atoms with Crippen LogP contribution in [0.4, 0.5) is 5.69 Å². The molecule has 2 N–H and O–H groups in total. The number of carbonyl (C=O) groups excluding carboxylic acids is 1. The largest absolute Gasteiger partial charge is 0.320 e. The summed E-state index contributed by atoms with van der Waals surface area (Å²) in [5.41, 5.74) is 7.48. The molecule has 39 heavy (non-hydrogen) atoms. The van der Waals surface area contributed by atoms with E-state index in [0.717, 1.165) is 47.7 Å². The summed E-state index contributed by atoms with van der Waals surface area (Å²) in [7, 11) is 1.65. The quantitative estimate of drug-likeness (QED) is 0.410.